The second kappa shape index (κ2) is 4.59. The van der Waals surface area contributed by atoms with Crippen molar-refractivity contribution in [2.45, 2.75) is 26.9 Å². The van der Waals surface area contributed by atoms with Crippen molar-refractivity contribution in [3.63, 3.8) is 0 Å². The summed E-state index contributed by atoms with van der Waals surface area (Å²) in [4.78, 5) is 2.24. The Kier molecular flexibility index (Phi) is 3.31. The zero-order chi connectivity index (χ0) is 12.6. The van der Waals surface area contributed by atoms with Crippen molar-refractivity contribution in [3.05, 3.63) is 56.5 Å². The van der Waals surface area contributed by atoms with E-state index < -0.39 is 6.10 Å². The number of aryl methyl sites for hydroxylation is 3. The number of hydrogen-bond donors (Lipinski definition) is 1. The molecule has 0 aliphatic carbocycles. The van der Waals surface area contributed by atoms with Crippen molar-refractivity contribution < 1.29 is 9.50 Å². The van der Waals surface area contributed by atoms with Gasteiger partial charge in [0.25, 0.3) is 0 Å². The Morgan fingerprint density at radius 2 is 1.82 bits per heavy atom. The zero-order valence-electron chi connectivity index (χ0n) is 10.1. The lowest BCUT2D eigenvalue weighted by Crippen LogP contribution is -2.01. The van der Waals surface area contributed by atoms with Crippen LogP contribution in [0.3, 0.4) is 0 Å². The number of thiophene rings is 1. The highest BCUT2D eigenvalue weighted by Gasteiger charge is 2.16. The van der Waals surface area contributed by atoms with Gasteiger partial charge >= 0.3 is 0 Å². The van der Waals surface area contributed by atoms with Crippen LogP contribution >= 0.6 is 11.3 Å². The minimum absolute atomic E-state index is 0.302. The van der Waals surface area contributed by atoms with Crippen LogP contribution in [0.5, 0.6) is 0 Å². The fraction of sp³-hybridized carbons (Fsp3) is 0.286. The molecular formula is C14H15FOS. The fourth-order valence-corrected chi connectivity index (χ4v) is 2.98. The first-order valence-electron chi connectivity index (χ1n) is 5.49. The summed E-state index contributed by atoms with van der Waals surface area (Å²) in [5.41, 5.74) is 2.31. The van der Waals surface area contributed by atoms with Crippen molar-refractivity contribution in [2.75, 3.05) is 0 Å². The van der Waals surface area contributed by atoms with E-state index in [9.17, 15) is 9.50 Å². The molecule has 1 aromatic heterocycles. The molecule has 0 fully saturated rings. The number of benzene rings is 1. The molecule has 0 amide bonds. The van der Waals surface area contributed by atoms with Crippen LogP contribution in [0.25, 0.3) is 0 Å². The standard InChI is InChI=1S/C14H15FOS/c1-8-4-11(7-12(15)5-8)14(16)13-6-9(2)17-10(13)3/h4-7,14,16H,1-3H3. The minimum atomic E-state index is -0.741. The van der Waals surface area contributed by atoms with Gasteiger partial charge in [-0.3, -0.25) is 0 Å². The molecule has 17 heavy (non-hydrogen) atoms. The molecule has 0 saturated heterocycles. The highest BCUT2D eigenvalue weighted by molar-refractivity contribution is 7.12. The normalized spacial score (nSPS) is 12.8. The molecule has 0 aliphatic heterocycles. The first-order valence-corrected chi connectivity index (χ1v) is 6.31. The highest BCUT2D eigenvalue weighted by atomic mass is 32.1. The Balaban J connectivity index is 2.43. The molecule has 0 saturated carbocycles. The third kappa shape index (κ3) is 2.56. The van der Waals surface area contributed by atoms with Gasteiger partial charge in [0, 0.05) is 9.75 Å². The smallest absolute Gasteiger partial charge is 0.123 e. The SMILES string of the molecule is Cc1cc(F)cc(C(O)c2cc(C)sc2C)c1. The number of halogens is 1. The van der Waals surface area contributed by atoms with E-state index in [-0.39, 0.29) is 5.82 Å². The Hall–Kier alpha value is -1.19. The lowest BCUT2D eigenvalue weighted by Gasteiger charge is -2.12. The van der Waals surface area contributed by atoms with E-state index in [1.54, 1.807) is 11.3 Å². The van der Waals surface area contributed by atoms with Gasteiger partial charge in [0.2, 0.25) is 0 Å². The molecule has 1 atom stereocenters. The second-order valence-corrected chi connectivity index (χ2v) is 5.79. The average molecular weight is 250 g/mol. The predicted octanol–water partition coefficient (Wildman–Crippen LogP) is 3.89. The van der Waals surface area contributed by atoms with Crippen LogP contribution in [0.4, 0.5) is 4.39 Å². The van der Waals surface area contributed by atoms with Crippen LogP contribution in [0.1, 0.15) is 32.5 Å². The van der Waals surface area contributed by atoms with Gasteiger partial charge in [-0.05, 0) is 55.7 Å². The fourth-order valence-electron chi connectivity index (χ4n) is 2.02. The van der Waals surface area contributed by atoms with Gasteiger partial charge in [-0.1, -0.05) is 6.07 Å². The molecular weight excluding hydrogens is 235 g/mol. The largest absolute Gasteiger partial charge is 0.384 e. The summed E-state index contributed by atoms with van der Waals surface area (Å²) in [6, 6.07) is 6.64. The lowest BCUT2D eigenvalue weighted by atomic mass is 10.0. The quantitative estimate of drug-likeness (QED) is 0.857. The molecule has 1 N–H and O–H groups in total. The van der Waals surface area contributed by atoms with Crippen molar-refractivity contribution in [1.29, 1.82) is 0 Å². The third-order valence-corrected chi connectivity index (χ3v) is 3.74. The molecule has 0 bridgehead atoms. The summed E-state index contributed by atoms with van der Waals surface area (Å²) in [6.07, 6.45) is -0.741. The highest BCUT2D eigenvalue weighted by Crippen LogP contribution is 2.31. The molecule has 3 heteroatoms. The summed E-state index contributed by atoms with van der Waals surface area (Å²) in [5, 5.41) is 10.3. The average Bonchev–Trinajstić information content (AvgIpc) is 2.55. The topological polar surface area (TPSA) is 20.2 Å². The lowest BCUT2D eigenvalue weighted by molar-refractivity contribution is 0.219. The molecule has 90 valence electrons. The van der Waals surface area contributed by atoms with Crippen LogP contribution in [0.2, 0.25) is 0 Å². The molecule has 0 radical (unpaired) electrons. The Labute approximate surface area is 105 Å². The van der Waals surface area contributed by atoms with Gasteiger partial charge in [0.1, 0.15) is 11.9 Å². The number of hydrogen-bond acceptors (Lipinski definition) is 2. The van der Waals surface area contributed by atoms with Crippen LogP contribution in [-0.4, -0.2) is 5.11 Å². The maximum atomic E-state index is 13.3. The Morgan fingerprint density at radius 1 is 1.12 bits per heavy atom. The van der Waals surface area contributed by atoms with Crippen molar-refractivity contribution in [2.24, 2.45) is 0 Å². The Morgan fingerprint density at radius 3 is 2.35 bits per heavy atom. The van der Waals surface area contributed by atoms with E-state index in [1.807, 2.05) is 32.9 Å². The summed E-state index contributed by atoms with van der Waals surface area (Å²) >= 11 is 1.65. The maximum Gasteiger partial charge on any atom is 0.123 e. The van der Waals surface area contributed by atoms with Crippen molar-refractivity contribution in [1.82, 2.24) is 0 Å². The summed E-state index contributed by atoms with van der Waals surface area (Å²) < 4.78 is 13.3. The second-order valence-electron chi connectivity index (χ2n) is 4.33. The van der Waals surface area contributed by atoms with Gasteiger partial charge in [-0.15, -0.1) is 11.3 Å². The molecule has 0 aliphatic rings. The first kappa shape index (κ1) is 12.3. The molecule has 1 heterocycles. The van der Waals surface area contributed by atoms with E-state index in [2.05, 4.69) is 0 Å². The number of aliphatic hydroxyl groups excluding tert-OH is 1. The minimum Gasteiger partial charge on any atom is -0.384 e. The van der Waals surface area contributed by atoms with E-state index in [0.717, 1.165) is 20.9 Å². The van der Waals surface area contributed by atoms with Gasteiger partial charge < -0.3 is 5.11 Å². The van der Waals surface area contributed by atoms with Gasteiger partial charge in [0.05, 0.1) is 0 Å². The molecule has 2 rings (SSSR count). The molecule has 0 spiro atoms. The predicted molar refractivity (Wildman–Crippen MR) is 69.0 cm³/mol. The zero-order valence-corrected chi connectivity index (χ0v) is 10.9. The maximum absolute atomic E-state index is 13.3. The summed E-state index contributed by atoms with van der Waals surface area (Å²) in [7, 11) is 0. The van der Waals surface area contributed by atoms with Gasteiger partial charge in [-0.2, -0.15) is 0 Å². The van der Waals surface area contributed by atoms with Crippen LogP contribution in [0, 0.1) is 26.6 Å². The van der Waals surface area contributed by atoms with E-state index in [4.69, 9.17) is 0 Å². The first-order chi connectivity index (χ1) is 7.97. The van der Waals surface area contributed by atoms with E-state index in [1.165, 1.54) is 12.1 Å². The third-order valence-electron chi connectivity index (χ3n) is 2.75. The van der Waals surface area contributed by atoms with Gasteiger partial charge in [-0.25, -0.2) is 4.39 Å². The summed E-state index contributed by atoms with van der Waals surface area (Å²) in [5.74, 6) is -0.302. The van der Waals surface area contributed by atoms with Crippen molar-refractivity contribution >= 4 is 11.3 Å². The molecule has 1 nitrogen and oxygen atoms in total. The Bertz CT molecular complexity index is 525. The monoisotopic (exact) mass is 250 g/mol. The summed E-state index contributed by atoms with van der Waals surface area (Å²) in [6.45, 7) is 5.80. The van der Waals surface area contributed by atoms with E-state index >= 15 is 0 Å². The van der Waals surface area contributed by atoms with Crippen molar-refractivity contribution in [3.8, 4) is 0 Å². The number of rotatable bonds is 2. The van der Waals surface area contributed by atoms with Crippen LogP contribution in [0.15, 0.2) is 24.3 Å². The van der Waals surface area contributed by atoms with Gasteiger partial charge in [0.15, 0.2) is 0 Å². The molecule has 1 aromatic carbocycles. The molecule has 2 aromatic rings. The molecule has 1 unspecified atom stereocenters. The van der Waals surface area contributed by atoms with Crippen LogP contribution in [-0.2, 0) is 0 Å². The number of aliphatic hydroxyl groups is 1. The van der Waals surface area contributed by atoms with Crippen LogP contribution < -0.4 is 0 Å². The van der Waals surface area contributed by atoms with E-state index in [0.29, 0.717) is 5.56 Å².